The van der Waals surface area contributed by atoms with Gasteiger partial charge >= 0.3 is 11.9 Å². The predicted molar refractivity (Wildman–Crippen MR) is 93.8 cm³/mol. The molecule has 2 rings (SSSR count). The molecule has 1 atom stereocenters. The number of carboxylic acids is 2. The summed E-state index contributed by atoms with van der Waals surface area (Å²) in [7, 11) is 0. The smallest absolute Gasteiger partial charge is 0.326 e. The summed E-state index contributed by atoms with van der Waals surface area (Å²) >= 11 is 1.56. The van der Waals surface area contributed by atoms with Crippen molar-refractivity contribution in [3.05, 3.63) is 52.2 Å². The molecule has 25 heavy (non-hydrogen) atoms. The van der Waals surface area contributed by atoms with Gasteiger partial charge in [-0.25, -0.2) is 4.79 Å². The van der Waals surface area contributed by atoms with Crippen LogP contribution in [0.4, 0.5) is 5.69 Å². The van der Waals surface area contributed by atoms with Crippen molar-refractivity contribution in [3.63, 3.8) is 0 Å². The zero-order chi connectivity index (χ0) is 18.2. The number of benzene rings is 1. The van der Waals surface area contributed by atoms with E-state index >= 15 is 0 Å². The van der Waals surface area contributed by atoms with Crippen LogP contribution in [0, 0.1) is 0 Å². The van der Waals surface area contributed by atoms with Crippen LogP contribution < -0.4 is 5.32 Å². The molecule has 2 aromatic rings. The second-order valence-electron chi connectivity index (χ2n) is 5.12. The number of rotatable bonds is 8. The van der Waals surface area contributed by atoms with E-state index in [2.05, 4.69) is 10.3 Å². The van der Waals surface area contributed by atoms with Gasteiger partial charge in [-0.15, -0.1) is 11.3 Å². The van der Waals surface area contributed by atoms with Crippen LogP contribution in [0.2, 0.25) is 0 Å². The van der Waals surface area contributed by atoms with Crippen molar-refractivity contribution < 1.29 is 24.6 Å². The highest BCUT2D eigenvalue weighted by molar-refractivity contribution is 7.11. The van der Waals surface area contributed by atoms with E-state index in [4.69, 9.17) is 10.2 Å². The number of hydrogen-bond donors (Lipinski definition) is 3. The van der Waals surface area contributed by atoms with E-state index in [1.54, 1.807) is 29.7 Å². The van der Waals surface area contributed by atoms with Crippen molar-refractivity contribution in [2.75, 3.05) is 0 Å². The summed E-state index contributed by atoms with van der Waals surface area (Å²) in [5, 5.41) is 22.0. The Hall–Kier alpha value is -3.00. The van der Waals surface area contributed by atoms with E-state index in [0.29, 0.717) is 5.69 Å². The molecule has 0 aliphatic heterocycles. The molecule has 1 heterocycles. The number of carboxylic acid groups (broad SMARTS) is 2. The molecule has 3 N–H and O–H groups in total. The van der Waals surface area contributed by atoms with Gasteiger partial charge in [0.2, 0.25) is 0 Å². The van der Waals surface area contributed by atoms with Gasteiger partial charge in [-0.2, -0.15) is 0 Å². The Morgan fingerprint density at radius 3 is 2.44 bits per heavy atom. The number of aliphatic carboxylic acids is 2. The van der Waals surface area contributed by atoms with Gasteiger partial charge in [0.05, 0.1) is 5.69 Å². The third-order valence-electron chi connectivity index (χ3n) is 3.26. The molecule has 0 aliphatic rings. The Labute approximate surface area is 147 Å². The minimum Gasteiger partial charge on any atom is -0.481 e. The molecule has 0 unspecified atom stereocenters. The lowest BCUT2D eigenvalue weighted by atomic mass is 10.1. The van der Waals surface area contributed by atoms with E-state index in [9.17, 15) is 14.4 Å². The lowest BCUT2D eigenvalue weighted by Gasteiger charge is -2.13. The number of nitrogens with one attached hydrogen (secondary N) is 1. The van der Waals surface area contributed by atoms with Crippen LogP contribution in [0.5, 0.6) is 0 Å². The number of amides is 1. The Morgan fingerprint density at radius 1 is 1.16 bits per heavy atom. The molecule has 7 nitrogen and oxygen atoms in total. The van der Waals surface area contributed by atoms with E-state index in [1.165, 1.54) is 12.1 Å². The van der Waals surface area contributed by atoms with Crippen LogP contribution >= 0.6 is 11.3 Å². The molecule has 0 fully saturated rings. The number of carbonyl (C=O) groups is 3. The van der Waals surface area contributed by atoms with Crippen LogP contribution in [0.1, 0.15) is 28.1 Å². The van der Waals surface area contributed by atoms with E-state index in [1.807, 2.05) is 17.5 Å². The molecule has 1 aromatic carbocycles. The van der Waals surface area contributed by atoms with Gasteiger partial charge in [-0.3, -0.25) is 14.6 Å². The number of carbonyl (C=O) groups excluding carboxylic acids is 1. The standard InChI is InChI=1S/C17H16N2O5S/c20-15(21)8-7-14(17(23)24)19-16(22)11-3-5-12(6-4-11)18-10-13-2-1-9-25-13/h1-6,9-10,14H,7-8H2,(H,19,22)(H,20,21)(H,23,24)/t14-/m0/s1. The molecule has 0 saturated carbocycles. The molecule has 0 radical (unpaired) electrons. The van der Waals surface area contributed by atoms with Crippen LogP contribution in [0.25, 0.3) is 0 Å². The minimum absolute atomic E-state index is 0.181. The summed E-state index contributed by atoms with van der Waals surface area (Å²) in [6.07, 6.45) is 1.19. The first-order valence-electron chi connectivity index (χ1n) is 7.39. The average molecular weight is 360 g/mol. The van der Waals surface area contributed by atoms with Crippen LogP contribution in [-0.4, -0.2) is 40.3 Å². The summed E-state index contributed by atoms with van der Waals surface area (Å²) in [5.41, 5.74) is 0.933. The summed E-state index contributed by atoms with van der Waals surface area (Å²) in [6, 6.07) is 8.96. The highest BCUT2D eigenvalue weighted by Gasteiger charge is 2.21. The van der Waals surface area contributed by atoms with Gasteiger partial charge in [0.15, 0.2) is 0 Å². The maximum atomic E-state index is 12.1. The monoisotopic (exact) mass is 360 g/mol. The third-order valence-corrected chi connectivity index (χ3v) is 4.07. The van der Waals surface area contributed by atoms with Crippen LogP contribution in [0.15, 0.2) is 46.8 Å². The maximum Gasteiger partial charge on any atom is 0.326 e. The zero-order valence-corrected chi connectivity index (χ0v) is 13.9. The topological polar surface area (TPSA) is 116 Å². The minimum atomic E-state index is -1.27. The normalized spacial score (nSPS) is 12.0. The zero-order valence-electron chi connectivity index (χ0n) is 13.1. The highest BCUT2D eigenvalue weighted by Crippen LogP contribution is 2.15. The summed E-state index contributed by atoms with van der Waals surface area (Å²) in [5.74, 6) is -2.97. The number of thiophene rings is 1. The van der Waals surface area contributed by atoms with Crippen molar-refractivity contribution in [1.29, 1.82) is 0 Å². The van der Waals surface area contributed by atoms with E-state index in [0.717, 1.165) is 4.88 Å². The van der Waals surface area contributed by atoms with E-state index < -0.39 is 23.9 Å². The first-order valence-corrected chi connectivity index (χ1v) is 8.27. The Morgan fingerprint density at radius 2 is 1.88 bits per heavy atom. The first kappa shape index (κ1) is 18.3. The van der Waals surface area contributed by atoms with Gasteiger partial charge in [0.25, 0.3) is 5.91 Å². The average Bonchev–Trinajstić information content (AvgIpc) is 3.10. The molecular formula is C17H16N2O5S. The fourth-order valence-electron chi connectivity index (χ4n) is 1.97. The second kappa shape index (κ2) is 8.74. The third kappa shape index (κ3) is 5.85. The van der Waals surface area contributed by atoms with Gasteiger partial charge in [0, 0.05) is 23.1 Å². The highest BCUT2D eigenvalue weighted by atomic mass is 32.1. The second-order valence-corrected chi connectivity index (χ2v) is 6.10. The lowest BCUT2D eigenvalue weighted by molar-refractivity contribution is -0.140. The fourth-order valence-corrected chi connectivity index (χ4v) is 2.55. The van der Waals surface area contributed by atoms with Crippen LogP contribution in [-0.2, 0) is 9.59 Å². The fraction of sp³-hybridized carbons (Fsp3) is 0.176. The summed E-state index contributed by atoms with van der Waals surface area (Å²) < 4.78 is 0. The quantitative estimate of drug-likeness (QED) is 0.626. The molecule has 0 aliphatic carbocycles. The number of aliphatic imine (C=N–C) groups is 1. The molecule has 8 heteroatoms. The molecule has 130 valence electrons. The van der Waals surface area contributed by atoms with Crippen molar-refractivity contribution in [1.82, 2.24) is 5.32 Å². The Bertz CT molecular complexity index is 769. The van der Waals surface area contributed by atoms with Gasteiger partial charge in [-0.1, -0.05) is 6.07 Å². The Balaban J connectivity index is 1.99. The molecule has 0 spiro atoms. The van der Waals surface area contributed by atoms with Gasteiger partial charge in [-0.05, 0) is 42.1 Å². The lowest BCUT2D eigenvalue weighted by Crippen LogP contribution is -2.41. The summed E-state index contributed by atoms with van der Waals surface area (Å²) in [4.78, 5) is 39.0. The molecule has 0 saturated heterocycles. The van der Waals surface area contributed by atoms with Crippen LogP contribution in [0.3, 0.4) is 0 Å². The Kier molecular flexibility index (Phi) is 6.41. The largest absolute Gasteiger partial charge is 0.481 e. The number of hydrogen-bond acceptors (Lipinski definition) is 5. The molecular weight excluding hydrogens is 344 g/mol. The van der Waals surface area contributed by atoms with Gasteiger partial charge in [0.1, 0.15) is 6.04 Å². The van der Waals surface area contributed by atoms with Gasteiger partial charge < -0.3 is 15.5 Å². The van der Waals surface area contributed by atoms with Crippen molar-refractivity contribution in [2.24, 2.45) is 4.99 Å². The van der Waals surface area contributed by atoms with Crippen molar-refractivity contribution in [2.45, 2.75) is 18.9 Å². The van der Waals surface area contributed by atoms with E-state index in [-0.39, 0.29) is 18.4 Å². The number of nitrogens with zero attached hydrogens (tertiary/aromatic N) is 1. The first-order chi connectivity index (χ1) is 12.0. The van der Waals surface area contributed by atoms with Crippen molar-refractivity contribution >= 4 is 41.1 Å². The van der Waals surface area contributed by atoms with Crippen molar-refractivity contribution in [3.8, 4) is 0 Å². The SMILES string of the molecule is O=C(O)CC[C@H](NC(=O)c1ccc(N=Cc2cccs2)cc1)C(=O)O. The molecule has 0 bridgehead atoms. The maximum absolute atomic E-state index is 12.1. The molecule has 1 amide bonds. The molecule has 1 aromatic heterocycles. The predicted octanol–water partition coefficient (Wildman–Crippen LogP) is 2.55. The summed E-state index contributed by atoms with van der Waals surface area (Å²) in [6.45, 7) is 0.